The Hall–Kier alpha value is -0.590. The van der Waals surface area contributed by atoms with E-state index in [4.69, 9.17) is 0 Å². The van der Waals surface area contributed by atoms with E-state index in [0.717, 1.165) is 15.6 Å². The number of hydrogen-bond donors (Lipinski definition) is 1. The molecule has 4 nitrogen and oxygen atoms in total. The molecule has 0 aromatic heterocycles. The van der Waals surface area contributed by atoms with E-state index in [2.05, 4.69) is 20.7 Å². The van der Waals surface area contributed by atoms with E-state index >= 15 is 0 Å². The van der Waals surface area contributed by atoms with Crippen LogP contribution in [-0.4, -0.2) is 25.8 Å². The summed E-state index contributed by atoms with van der Waals surface area (Å²) in [5.74, 6) is 0. The molecule has 0 aliphatic heterocycles. The van der Waals surface area contributed by atoms with E-state index in [1.54, 1.807) is 0 Å². The normalized spacial score (nSPS) is 11.9. The lowest BCUT2D eigenvalue weighted by Crippen LogP contribution is -2.35. The van der Waals surface area contributed by atoms with Crippen molar-refractivity contribution in [1.82, 2.24) is 4.31 Å². The fourth-order valence-corrected chi connectivity index (χ4v) is 4.04. The van der Waals surface area contributed by atoms with Crippen LogP contribution in [-0.2, 0) is 10.2 Å². The van der Waals surface area contributed by atoms with Crippen molar-refractivity contribution in [3.8, 4) is 0 Å². The summed E-state index contributed by atoms with van der Waals surface area (Å²) in [5, 5.41) is 0. The highest BCUT2D eigenvalue weighted by Gasteiger charge is 2.20. The van der Waals surface area contributed by atoms with Crippen molar-refractivity contribution in [2.75, 3.05) is 17.8 Å². The van der Waals surface area contributed by atoms with Crippen molar-refractivity contribution in [3.63, 3.8) is 0 Å². The lowest BCUT2D eigenvalue weighted by Gasteiger charge is -2.21. The summed E-state index contributed by atoms with van der Waals surface area (Å²) in [5.41, 5.74) is 2.59. The zero-order chi connectivity index (χ0) is 13.9. The second-order valence-electron chi connectivity index (χ2n) is 4.13. The Bertz CT molecular complexity index is 502. The molecule has 1 aromatic rings. The molecule has 0 unspecified atom stereocenters. The minimum Gasteiger partial charge on any atom is -0.269 e. The van der Waals surface area contributed by atoms with E-state index < -0.39 is 10.2 Å². The van der Waals surface area contributed by atoms with Gasteiger partial charge in [-0.05, 0) is 47.0 Å². The standard InChI is InChI=1S/C12H19BrN2O2S/c1-5-15(6-2)18(16,17)14-12-10(4)7-9(3)8-11(12)13/h7-8,14H,5-6H2,1-4H3. The highest BCUT2D eigenvalue weighted by atomic mass is 79.9. The quantitative estimate of drug-likeness (QED) is 0.899. The fourth-order valence-electron chi connectivity index (χ4n) is 1.80. The van der Waals surface area contributed by atoms with E-state index in [9.17, 15) is 8.42 Å². The molecule has 1 N–H and O–H groups in total. The van der Waals surface area contributed by atoms with Crippen LogP contribution in [0.1, 0.15) is 25.0 Å². The summed E-state index contributed by atoms with van der Waals surface area (Å²) in [6, 6.07) is 3.85. The van der Waals surface area contributed by atoms with Gasteiger partial charge in [0.15, 0.2) is 0 Å². The molecule has 0 bridgehead atoms. The van der Waals surface area contributed by atoms with Gasteiger partial charge >= 0.3 is 10.2 Å². The third-order valence-electron chi connectivity index (χ3n) is 2.71. The van der Waals surface area contributed by atoms with Gasteiger partial charge in [0.2, 0.25) is 0 Å². The van der Waals surface area contributed by atoms with Gasteiger partial charge in [-0.25, -0.2) is 0 Å². The second-order valence-corrected chi connectivity index (χ2v) is 6.66. The molecule has 6 heteroatoms. The average Bonchev–Trinajstić information content (AvgIpc) is 2.24. The van der Waals surface area contributed by atoms with Crippen LogP contribution in [0.3, 0.4) is 0 Å². The number of benzene rings is 1. The van der Waals surface area contributed by atoms with Crippen LogP contribution in [0, 0.1) is 13.8 Å². The number of hydrogen-bond acceptors (Lipinski definition) is 2. The monoisotopic (exact) mass is 334 g/mol. The van der Waals surface area contributed by atoms with Gasteiger partial charge in [-0.3, -0.25) is 4.72 Å². The van der Waals surface area contributed by atoms with Gasteiger partial charge in [0.25, 0.3) is 0 Å². The first kappa shape index (κ1) is 15.5. The number of anilines is 1. The van der Waals surface area contributed by atoms with Crippen LogP contribution in [0.2, 0.25) is 0 Å². The molecule has 0 aliphatic rings. The highest BCUT2D eigenvalue weighted by molar-refractivity contribution is 9.10. The van der Waals surface area contributed by atoms with Gasteiger partial charge in [-0.15, -0.1) is 0 Å². The third kappa shape index (κ3) is 3.46. The summed E-state index contributed by atoms with van der Waals surface area (Å²) < 4.78 is 29.1. The molecule has 0 atom stereocenters. The molecule has 0 radical (unpaired) electrons. The summed E-state index contributed by atoms with van der Waals surface area (Å²) in [4.78, 5) is 0. The SMILES string of the molecule is CCN(CC)S(=O)(=O)Nc1c(C)cc(C)cc1Br. The van der Waals surface area contributed by atoms with Crippen molar-refractivity contribution in [2.24, 2.45) is 0 Å². The maximum absolute atomic E-state index is 12.1. The molecular weight excluding hydrogens is 316 g/mol. The van der Waals surface area contributed by atoms with Crippen molar-refractivity contribution in [3.05, 3.63) is 27.7 Å². The van der Waals surface area contributed by atoms with Crippen LogP contribution in [0.15, 0.2) is 16.6 Å². The van der Waals surface area contributed by atoms with Gasteiger partial charge in [-0.1, -0.05) is 19.9 Å². The van der Waals surface area contributed by atoms with Gasteiger partial charge in [0.1, 0.15) is 0 Å². The average molecular weight is 335 g/mol. The highest BCUT2D eigenvalue weighted by Crippen LogP contribution is 2.29. The molecule has 18 heavy (non-hydrogen) atoms. The Kier molecular flexibility index (Phi) is 5.19. The largest absolute Gasteiger partial charge is 0.301 e. The number of nitrogens with one attached hydrogen (secondary N) is 1. The molecular formula is C12H19BrN2O2S. The van der Waals surface area contributed by atoms with Gasteiger partial charge in [0.05, 0.1) is 5.69 Å². The summed E-state index contributed by atoms with van der Waals surface area (Å²) in [6.07, 6.45) is 0. The molecule has 0 saturated carbocycles. The molecule has 0 aliphatic carbocycles. The minimum atomic E-state index is -3.48. The molecule has 0 spiro atoms. The van der Waals surface area contributed by atoms with Crippen molar-refractivity contribution < 1.29 is 8.42 Å². The topological polar surface area (TPSA) is 49.4 Å². The maximum Gasteiger partial charge on any atom is 0.301 e. The van der Waals surface area contributed by atoms with Crippen molar-refractivity contribution in [1.29, 1.82) is 0 Å². The first-order valence-corrected chi connectivity index (χ1v) is 8.09. The first-order chi connectivity index (χ1) is 8.31. The van der Waals surface area contributed by atoms with Crippen LogP contribution in [0.4, 0.5) is 5.69 Å². The predicted octanol–water partition coefficient (Wildman–Crippen LogP) is 3.06. The Labute approximate surface area is 118 Å². The number of aryl methyl sites for hydroxylation is 2. The molecule has 1 aromatic carbocycles. The Morgan fingerprint density at radius 1 is 1.22 bits per heavy atom. The third-order valence-corrected chi connectivity index (χ3v) is 4.99. The van der Waals surface area contributed by atoms with Gasteiger partial charge in [-0.2, -0.15) is 12.7 Å². The first-order valence-electron chi connectivity index (χ1n) is 5.86. The number of nitrogens with zero attached hydrogens (tertiary/aromatic N) is 1. The Morgan fingerprint density at radius 3 is 2.22 bits per heavy atom. The maximum atomic E-state index is 12.1. The van der Waals surface area contributed by atoms with E-state index in [-0.39, 0.29) is 0 Å². The molecule has 102 valence electrons. The van der Waals surface area contributed by atoms with E-state index in [1.807, 2.05) is 39.8 Å². The zero-order valence-corrected chi connectivity index (χ0v) is 13.5. The van der Waals surface area contributed by atoms with Crippen LogP contribution in [0.5, 0.6) is 0 Å². The Morgan fingerprint density at radius 2 is 1.78 bits per heavy atom. The summed E-state index contributed by atoms with van der Waals surface area (Å²) in [7, 11) is -3.48. The Balaban J connectivity index is 3.12. The molecule has 1 rings (SSSR count). The van der Waals surface area contributed by atoms with E-state index in [1.165, 1.54) is 4.31 Å². The van der Waals surface area contributed by atoms with Gasteiger partial charge < -0.3 is 0 Å². The number of halogens is 1. The van der Waals surface area contributed by atoms with Crippen LogP contribution in [0.25, 0.3) is 0 Å². The van der Waals surface area contributed by atoms with Gasteiger partial charge in [0, 0.05) is 17.6 Å². The van der Waals surface area contributed by atoms with Crippen LogP contribution < -0.4 is 4.72 Å². The lowest BCUT2D eigenvalue weighted by atomic mass is 10.1. The lowest BCUT2D eigenvalue weighted by molar-refractivity contribution is 0.449. The molecule has 0 heterocycles. The predicted molar refractivity (Wildman–Crippen MR) is 79.1 cm³/mol. The summed E-state index contributed by atoms with van der Waals surface area (Å²) in [6.45, 7) is 8.40. The summed E-state index contributed by atoms with van der Waals surface area (Å²) >= 11 is 3.40. The molecule has 0 saturated heterocycles. The fraction of sp³-hybridized carbons (Fsp3) is 0.500. The van der Waals surface area contributed by atoms with Crippen molar-refractivity contribution in [2.45, 2.75) is 27.7 Å². The second kappa shape index (κ2) is 6.04. The van der Waals surface area contributed by atoms with Crippen LogP contribution >= 0.6 is 15.9 Å². The minimum absolute atomic E-state index is 0.453. The number of rotatable bonds is 5. The molecule has 0 fully saturated rings. The van der Waals surface area contributed by atoms with E-state index in [0.29, 0.717) is 18.8 Å². The molecule has 0 amide bonds. The smallest absolute Gasteiger partial charge is 0.269 e. The zero-order valence-electron chi connectivity index (χ0n) is 11.1. The van der Waals surface area contributed by atoms with Crippen molar-refractivity contribution >= 4 is 31.8 Å².